The van der Waals surface area contributed by atoms with E-state index >= 15 is 0 Å². The lowest BCUT2D eigenvalue weighted by Crippen LogP contribution is -2.01. The Morgan fingerprint density at radius 3 is 2.14 bits per heavy atom. The van der Waals surface area contributed by atoms with Crippen molar-refractivity contribution in [2.75, 3.05) is 21.3 Å². The maximum Gasteiger partial charge on any atom is 0.203 e. The SMILES string of the molecule is C=CCn1c(-c2cc(OC)c(OC)c(OC)c2)nc2nc3ccccc3nc21. The molecule has 0 N–H and O–H groups in total. The zero-order valence-corrected chi connectivity index (χ0v) is 16.0. The maximum atomic E-state index is 5.48. The Labute approximate surface area is 162 Å². The molecule has 0 spiro atoms. The molecule has 7 nitrogen and oxygen atoms in total. The summed E-state index contributed by atoms with van der Waals surface area (Å²) in [6.07, 6.45) is 1.81. The lowest BCUT2D eigenvalue weighted by atomic mass is 10.1. The van der Waals surface area contributed by atoms with Gasteiger partial charge in [0.05, 0.1) is 32.4 Å². The van der Waals surface area contributed by atoms with Crippen LogP contribution in [0, 0.1) is 0 Å². The molecular formula is C21H20N4O3. The predicted molar refractivity (Wildman–Crippen MR) is 108 cm³/mol. The summed E-state index contributed by atoms with van der Waals surface area (Å²) in [7, 11) is 4.75. The summed E-state index contributed by atoms with van der Waals surface area (Å²) in [6, 6.07) is 11.5. The minimum atomic E-state index is 0.530. The van der Waals surface area contributed by atoms with Crippen LogP contribution in [0.4, 0.5) is 0 Å². The van der Waals surface area contributed by atoms with Crippen LogP contribution in [0.25, 0.3) is 33.7 Å². The van der Waals surface area contributed by atoms with E-state index in [9.17, 15) is 0 Å². The normalized spacial score (nSPS) is 11.0. The monoisotopic (exact) mass is 376 g/mol. The van der Waals surface area contributed by atoms with Crippen LogP contribution in [0.15, 0.2) is 49.1 Å². The third kappa shape index (κ3) is 2.81. The molecule has 4 aromatic rings. The van der Waals surface area contributed by atoms with Crippen LogP contribution < -0.4 is 14.2 Å². The van der Waals surface area contributed by atoms with Crippen LogP contribution >= 0.6 is 0 Å². The van der Waals surface area contributed by atoms with E-state index in [4.69, 9.17) is 24.2 Å². The highest BCUT2D eigenvalue weighted by Gasteiger charge is 2.20. The average Bonchev–Trinajstić information content (AvgIpc) is 3.08. The Morgan fingerprint density at radius 1 is 0.929 bits per heavy atom. The standard InChI is InChI=1S/C21H20N4O3/c1-5-10-25-20(13-11-16(26-2)18(28-4)17(12-13)27-3)24-19-21(25)23-15-9-7-6-8-14(15)22-19/h5-9,11-12H,1,10H2,2-4H3. The summed E-state index contributed by atoms with van der Waals surface area (Å²) in [5.74, 6) is 2.34. The van der Waals surface area contributed by atoms with E-state index in [1.807, 2.05) is 41.0 Å². The van der Waals surface area contributed by atoms with E-state index in [0.29, 0.717) is 40.9 Å². The first-order chi connectivity index (χ1) is 13.7. The van der Waals surface area contributed by atoms with Gasteiger partial charge in [-0.15, -0.1) is 6.58 Å². The Balaban J connectivity index is 2.01. The molecule has 0 saturated carbocycles. The third-order valence-electron chi connectivity index (χ3n) is 4.49. The lowest BCUT2D eigenvalue weighted by Gasteiger charge is -2.14. The molecule has 7 heteroatoms. The number of ether oxygens (including phenoxy) is 3. The molecule has 0 atom stereocenters. The highest BCUT2D eigenvalue weighted by atomic mass is 16.5. The van der Waals surface area contributed by atoms with Gasteiger partial charge >= 0.3 is 0 Å². The van der Waals surface area contributed by atoms with Crippen molar-refractivity contribution in [1.82, 2.24) is 19.5 Å². The van der Waals surface area contributed by atoms with Gasteiger partial charge < -0.3 is 18.8 Å². The largest absolute Gasteiger partial charge is 0.493 e. The summed E-state index contributed by atoms with van der Waals surface area (Å²) < 4.78 is 18.4. The second kappa shape index (κ2) is 7.19. The molecular weight excluding hydrogens is 356 g/mol. The molecule has 2 heterocycles. The van der Waals surface area contributed by atoms with Crippen molar-refractivity contribution < 1.29 is 14.2 Å². The van der Waals surface area contributed by atoms with E-state index in [-0.39, 0.29) is 0 Å². The van der Waals surface area contributed by atoms with E-state index in [0.717, 1.165) is 16.6 Å². The summed E-state index contributed by atoms with van der Waals surface area (Å²) in [6.45, 7) is 4.41. The number of hydrogen-bond acceptors (Lipinski definition) is 6. The molecule has 0 aliphatic heterocycles. The summed E-state index contributed by atoms with van der Waals surface area (Å²) in [4.78, 5) is 14.2. The summed E-state index contributed by atoms with van der Waals surface area (Å²) in [5.41, 5.74) is 3.69. The van der Waals surface area contributed by atoms with Gasteiger partial charge in [0.2, 0.25) is 5.75 Å². The van der Waals surface area contributed by atoms with Crippen molar-refractivity contribution in [3.8, 4) is 28.6 Å². The number of allylic oxidation sites excluding steroid dienone is 1. The molecule has 0 saturated heterocycles. The van der Waals surface area contributed by atoms with Crippen molar-refractivity contribution in [1.29, 1.82) is 0 Å². The maximum absolute atomic E-state index is 5.48. The zero-order chi connectivity index (χ0) is 19.7. The first-order valence-corrected chi connectivity index (χ1v) is 8.74. The van der Waals surface area contributed by atoms with Crippen LogP contribution in [0.5, 0.6) is 17.2 Å². The molecule has 4 rings (SSSR count). The minimum Gasteiger partial charge on any atom is -0.493 e. The number of benzene rings is 2. The first-order valence-electron chi connectivity index (χ1n) is 8.74. The fraction of sp³-hybridized carbons (Fsp3) is 0.190. The smallest absolute Gasteiger partial charge is 0.203 e. The van der Waals surface area contributed by atoms with Crippen LogP contribution in [-0.4, -0.2) is 40.8 Å². The first kappa shape index (κ1) is 17.8. The van der Waals surface area contributed by atoms with Crippen LogP contribution in [0.1, 0.15) is 0 Å². The van der Waals surface area contributed by atoms with E-state index in [1.54, 1.807) is 27.4 Å². The van der Waals surface area contributed by atoms with Gasteiger partial charge in [0, 0.05) is 12.1 Å². The minimum absolute atomic E-state index is 0.530. The molecule has 0 radical (unpaired) electrons. The fourth-order valence-corrected chi connectivity index (χ4v) is 3.23. The number of rotatable bonds is 6. The zero-order valence-electron chi connectivity index (χ0n) is 16.0. The van der Waals surface area contributed by atoms with Crippen molar-refractivity contribution in [2.24, 2.45) is 0 Å². The van der Waals surface area contributed by atoms with Crippen LogP contribution in [0.2, 0.25) is 0 Å². The molecule has 0 amide bonds. The molecule has 2 aromatic carbocycles. The van der Waals surface area contributed by atoms with Crippen LogP contribution in [0.3, 0.4) is 0 Å². The van der Waals surface area contributed by atoms with Gasteiger partial charge in [-0.1, -0.05) is 18.2 Å². The molecule has 0 bridgehead atoms. The Bertz CT molecular complexity index is 1160. The Morgan fingerprint density at radius 2 is 1.57 bits per heavy atom. The van der Waals surface area contributed by atoms with Gasteiger partial charge in [-0.2, -0.15) is 0 Å². The van der Waals surface area contributed by atoms with Gasteiger partial charge in [0.1, 0.15) is 5.82 Å². The number of fused-ring (bicyclic) bond motifs is 2. The number of para-hydroxylation sites is 2. The highest BCUT2D eigenvalue weighted by molar-refractivity contribution is 5.85. The Kier molecular flexibility index (Phi) is 4.57. The van der Waals surface area contributed by atoms with Crippen molar-refractivity contribution in [2.45, 2.75) is 6.54 Å². The van der Waals surface area contributed by atoms with Gasteiger partial charge in [-0.25, -0.2) is 15.0 Å². The Hall–Kier alpha value is -3.61. The number of imidazole rings is 1. The molecule has 28 heavy (non-hydrogen) atoms. The van der Waals surface area contributed by atoms with Crippen molar-refractivity contribution in [3.63, 3.8) is 0 Å². The average molecular weight is 376 g/mol. The molecule has 0 fully saturated rings. The second-order valence-corrected chi connectivity index (χ2v) is 6.11. The quantitative estimate of drug-likeness (QED) is 0.476. The van der Waals surface area contributed by atoms with Crippen molar-refractivity contribution in [3.05, 3.63) is 49.1 Å². The van der Waals surface area contributed by atoms with E-state index in [2.05, 4.69) is 11.6 Å². The molecule has 0 aliphatic carbocycles. The van der Waals surface area contributed by atoms with Crippen molar-refractivity contribution >= 4 is 22.3 Å². The van der Waals surface area contributed by atoms with Gasteiger partial charge in [-0.3, -0.25) is 0 Å². The lowest BCUT2D eigenvalue weighted by molar-refractivity contribution is 0.324. The van der Waals surface area contributed by atoms with Gasteiger partial charge in [0.15, 0.2) is 22.8 Å². The van der Waals surface area contributed by atoms with E-state index in [1.165, 1.54) is 0 Å². The predicted octanol–water partition coefficient (Wildman–Crippen LogP) is 3.86. The highest BCUT2D eigenvalue weighted by Crippen LogP contribution is 2.41. The number of aromatic nitrogens is 4. The van der Waals surface area contributed by atoms with Gasteiger partial charge in [-0.05, 0) is 24.3 Å². The molecule has 0 aliphatic rings. The summed E-state index contributed by atoms with van der Waals surface area (Å²) >= 11 is 0. The molecule has 0 unspecified atom stereocenters. The van der Waals surface area contributed by atoms with Crippen LogP contribution in [-0.2, 0) is 6.54 Å². The number of nitrogens with zero attached hydrogens (tertiary/aromatic N) is 4. The molecule has 142 valence electrons. The summed E-state index contributed by atoms with van der Waals surface area (Å²) in [5, 5.41) is 0. The number of methoxy groups -OCH3 is 3. The third-order valence-corrected chi connectivity index (χ3v) is 4.49. The molecule has 2 aromatic heterocycles. The second-order valence-electron chi connectivity index (χ2n) is 6.11. The topological polar surface area (TPSA) is 71.3 Å². The number of hydrogen-bond donors (Lipinski definition) is 0. The van der Waals surface area contributed by atoms with Gasteiger partial charge in [0.25, 0.3) is 0 Å². The fourth-order valence-electron chi connectivity index (χ4n) is 3.23. The van der Waals surface area contributed by atoms with E-state index < -0.39 is 0 Å².